The van der Waals surface area contributed by atoms with Crippen molar-refractivity contribution < 1.29 is 4.79 Å². The minimum absolute atomic E-state index is 0.199. The van der Waals surface area contributed by atoms with Crippen molar-refractivity contribution in [3.05, 3.63) is 34.9 Å². The molecule has 0 fully saturated rings. The molecule has 0 unspecified atom stereocenters. The number of nitrogens with zero attached hydrogens (tertiary/aromatic N) is 1. The quantitative estimate of drug-likeness (QED) is 0.778. The second-order valence-electron chi connectivity index (χ2n) is 3.07. The van der Waals surface area contributed by atoms with E-state index in [0.717, 1.165) is 15.4 Å². The van der Waals surface area contributed by atoms with Gasteiger partial charge in [-0.3, -0.25) is 9.99 Å². The zero-order chi connectivity index (χ0) is 10.8. The van der Waals surface area contributed by atoms with Crippen LogP contribution in [-0.4, -0.2) is 17.6 Å². The number of benzene rings is 1. The van der Waals surface area contributed by atoms with Gasteiger partial charge in [-0.1, -0.05) is 15.9 Å². The minimum Gasteiger partial charge on any atom is -0.273 e. The van der Waals surface area contributed by atoms with Gasteiger partial charge in [0, 0.05) is 23.1 Å². The Morgan fingerprint density at radius 3 is 2.93 bits per heavy atom. The molecule has 0 spiro atoms. The van der Waals surface area contributed by atoms with Gasteiger partial charge >= 0.3 is 6.03 Å². The van der Waals surface area contributed by atoms with Crippen molar-refractivity contribution >= 4 is 32.9 Å². The average Bonchev–Trinajstić information content (AvgIpc) is 2.60. The van der Waals surface area contributed by atoms with Crippen LogP contribution in [0.5, 0.6) is 0 Å². The number of aromatic nitrogens is 1. The molecule has 0 aliphatic heterocycles. The molecular weight excluding hydrogens is 258 g/mol. The molecule has 0 saturated heterocycles. The van der Waals surface area contributed by atoms with Crippen LogP contribution in [0.1, 0.15) is 0 Å². The highest BCUT2D eigenvalue weighted by Gasteiger charge is 2.07. The van der Waals surface area contributed by atoms with Gasteiger partial charge in [0.25, 0.3) is 0 Å². The van der Waals surface area contributed by atoms with Crippen molar-refractivity contribution in [2.24, 2.45) is 0 Å². The number of hydrogen-bond donors (Lipinski definition) is 2. The van der Waals surface area contributed by atoms with Crippen molar-refractivity contribution in [2.75, 3.05) is 7.05 Å². The highest BCUT2D eigenvalue weighted by molar-refractivity contribution is 9.10. The smallest absolute Gasteiger partial charge is 0.273 e. The molecule has 0 aliphatic rings. The van der Waals surface area contributed by atoms with Gasteiger partial charge in [0.05, 0.1) is 5.52 Å². The van der Waals surface area contributed by atoms with E-state index in [2.05, 4.69) is 26.8 Å². The summed E-state index contributed by atoms with van der Waals surface area (Å²) in [5.74, 6) is 0. The van der Waals surface area contributed by atoms with Crippen LogP contribution in [-0.2, 0) is 0 Å². The molecule has 5 heteroatoms. The topological polar surface area (TPSA) is 46.1 Å². The third kappa shape index (κ3) is 1.88. The summed E-state index contributed by atoms with van der Waals surface area (Å²) in [5.41, 5.74) is 6.00. The van der Waals surface area contributed by atoms with E-state index in [-0.39, 0.29) is 6.03 Å². The van der Waals surface area contributed by atoms with Gasteiger partial charge in [-0.25, -0.2) is 10.2 Å². The predicted molar refractivity (Wildman–Crippen MR) is 62.6 cm³/mol. The van der Waals surface area contributed by atoms with E-state index in [1.54, 1.807) is 17.8 Å². The monoisotopic (exact) mass is 267 g/mol. The van der Waals surface area contributed by atoms with Gasteiger partial charge in [-0.15, -0.1) is 0 Å². The molecule has 1 amide bonds. The van der Waals surface area contributed by atoms with Crippen LogP contribution >= 0.6 is 15.9 Å². The molecule has 1 aromatic carbocycles. The van der Waals surface area contributed by atoms with Crippen LogP contribution in [0.4, 0.5) is 4.79 Å². The van der Waals surface area contributed by atoms with Crippen LogP contribution in [0.3, 0.4) is 0 Å². The summed E-state index contributed by atoms with van der Waals surface area (Å²) in [6, 6.07) is 7.48. The number of halogens is 1. The Labute approximate surface area is 95.4 Å². The van der Waals surface area contributed by atoms with E-state index >= 15 is 0 Å². The maximum Gasteiger partial charge on any atom is 0.340 e. The van der Waals surface area contributed by atoms with Crippen molar-refractivity contribution in [3.8, 4) is 0 Å². The molecule has 2 N–H and O–H groups in total. The fourth-order valence-electron chi connectivity index (χ4n) is 1.46. The molecule has 0 aliphatic carbocycles. The van der Waals surface area contributed by atoms with E-state index in [1.807, 2.05) is 24.3 Å². The summed E-state index contributed by atoms with van der Waals surface area (Å²) in [7, 11) is 1.65. The van der Waals surface area contributed by atoms with Crippen LogP contribution < -0.4 is 10.9 Å². The normalized spacial score (nSPS) is 10.5. The number of carbonyl (C=O) groups excluding carboxylic acids is 1. The lowest BCUT2D eigenvalue weighted by atomic mass is 10.2. The molecular formula is C10H10BrN3O. The van der Waals surface area contributed by atoms with Crippen LogP contribution in [0.2, 0.25) is 0 Å². The predicted octanol–water partition coefficient (Wildman–Crippen LogP) is 2.10. The van der Waals surface area contributed by atoms with Crippen molar-refractivity contribution in [1.29, 1.82) is 0 Å². The summed E-state index contributed by atoms with van der Waals surface area (Å²) in [4.78, 5) is 11.6. The van der Waals surface area contributed by atoms with Crippen molar-refractivity contribution in [1.82, 2.24) is 15.4 Å². The van der Waals surface area contributed by atoms with Crippen molar-refractivity contribution in [3.63, 3.8) is 0 Å². The van der Waals surface area contributed by atoms with Gasteiger partial charge in [0.2, 0.25) is 0 Å². The molecule has 1 aromatic heterocycles. The van der Waals surface area contributed by atoms with Gasteiger partial charge in [-0.2, -0.15) is 0 Å². The van der Waals surface area contributed by atoms with E-state index in [4.69, 9.17) is 0 Å². The minimum atomic E-state index is -0.199. The first kappa shape index (κ1) is 10.2. The zero-order valence-electron chi connectivity index (χ0n) is 8.12. The lowest BCUT2D eigenvalue weighted by Gasteiger charge is -2.04. The van der Waals surface area contributed by atoms with Gasteiger partial charge in [0.15, 0.2) is 0 Å². The first-order valence-electron chi connectivity index (χ1n) is 4.46. The largest absolute Gasteiger partial charge is 0.340 e. The van der Waals surface area contributed by atoms with Crippen LogP contribution in [0.15, 0.2) is 34.9 Å². The first-order chi connectivity index (χ1) is 7.22. The second kappa shape index (κ2) is 4.04. The molecule has 2 aromatic rings. The van der Waals surface area contributed by atoms with E-state index in [1.165, 1.54) is 0 Å². The van der Waals surface area contributed by atoms with E-state index < -0.39 is 0 Å². The number of carbonyl (C=O) groups is 1. The highest BCUT2D eigenvalue weighted by Crippen LogP contribution is 2.20. The third-order valence-electron chi connectivity index (χ3n) is 2.10. The Balaban J connectivity index is 2.49. The molecule has 2 rings (SSSR count). The third-order valence-corrected chi connectivity index (χ3v) is 2.60. The zero-order valence-corrected chi connectivity index (χ0v) is 9.71. The van der Waals surface area contributed by atoms with Gasteiger partial charge < -0.3 is 0 Å². The van der Waals surface area contributed by atoms with Crippen LogP contribution in [0, 0.1) is 0 Å². The Kier molecular flexibility index (Phi) is 2.75. The number of nitrogens with one attached hydrogen (secondary N) is 2. The first-order valence-corrected chi connectivity index (χ1v) is 5.25. The Bertz CT molecular complexity index is 506. The SMILES string of the molecule is CNNC(=O)n1ccc2cc(Br)ccc21. The maximum atomic E-state index is 11.6. The summed E-state index contributed by atoms with van der Waals surface area (Å²) in [6.45, 7) is 0. The number of amides is 1. The fourth-order valence-corrected chi connectivity index (χ4v) is 1.84. The number of hydrazine groups is 1. The van der Waals surface area contributed by atoms with Gasteiger partial charge in [-0.05, 0) is 24.3 Å². The average molecular weight is 268 g/mol. The highest BCUT2D eigenvalue weighted by atomic mass is 79.9. The molecule has 0 radical (unpaired) electrons. The van der Waals surface area contributed by atoms with Crippen molar-refractivity contribution in [2.45, 2.75) is 0 Å². The summed E-state index contributed by atoms with van der Waals surface area (Å²) < 4.78 is 2.56. The lowest BCUT2D eigenvalue weighted by molar-refractivity contribution is 0.240. The maximum absolute atomic E-state index is 11.6. The number of rotatable bonds is 1. The molecule has 1 heterocycles. The molecule has 0 atom stereocenters. The number of hydrogen-bond acceptors (Lipinski definition) is 2. The summed E-state index contributed by atoms with van der Waals surface area (Å²) in [6.07, 6.45) is 1.74. The summed E-state index contributed by atoms with van der Waals surface area (Å²) in [5, 5.41) is 1.02. The molecule has 15 heavy (non-hydrogen) atoms. The summed E-state index contributed by atoms with van der Waals surface area (Å²) >= 11 is 3.39. The number of fused-ring (bicyclic) bond motifs is 1. The van der Waals surface area contributed by atoms with Gasteiger partial charge in [0.1, 0.15) is 0 Å². The fraction of sp³-hybridized carbons (Fsp3) is 0.100. The van der Waals surface area contributed by atoms with E-state index in [9.17, 15) is 4.79 Å². The Morgan fingerprint density at radius 2 is 2.20 bits per heavy atom. The second-order valence-corrected chi connectivity index (χ2v) is 3.98. The van der Waals surface area contributed by atoms with E-state index in [0.29, 0.717) is 0 Å². The Hall–Kier alpha value is -1.33. The lowest BCUT2D eigenvalue weighted by Crippen LogP contribution is -2.37. The van der Waals surface area contributed by atoms with Crippen LogP contribution in [0.25, 0.3) is 10.9 Å². The molecule has 0 bridgehead atoms. The molecule has 4 nitrogen and oxygen atoms in total. The molecule has 78 valence electrons. The Morgan fingerprint density at radius 1 is 1.40 bits per heavy atom. The molecule has 0 saturated carbocycles. The standard InChI is InChI=1S/C10H10BrN3O/c1-12-13-10(15)14-5-4-7-6-8(11)2-3-9(7)14/h2-6,12H,1H3,(H,13,15).